The molecule has 3 rings (SSSR count). The third-order valence-corrected chi connectivity index (χ3v) is 4.02. The van der Waals surface area contributed by atoms with Gasteiger partial charge >= 0.3 is 0 Å². The van der Waals surface area contributed by atoms with Gasteiger partial charge < -0.3 is 14.8 Å². The molecule has 1 aromatic heterocycles. The summed E-state index contributed by atoms with van der Waals surface area (Å²) < 4.78 is 2.20. The summed E-state index contributed by atoms with van der Waals surface area (Å²) in [4.78, 5) is 6.88. The van der Waals surface area contributed by atoms with E-state index in [1.807, 2.05) is 6.07 Å². The summed E-state index contributed by atoms with van der Waals surface area (Å²) in [5.41, 5.74) is 1.27. The van der Waals surface area contributed by atoms with Gasteiger partial charge in [0.1, 0.15) is 12.4 Å². The monoisotopic (exact) mass is 312 g/mol. The molecule has 0 unspecified atom stereocenters. The van der Waals surface area contributed by atoms with Crippen molar-refractivity contribution >= 4 is 5.96 Å². The summed E-state index contributed by atoms with van der Waals surface area (Å²) in [5, 5.41) is 11.9. The highest BCUT2D eigenvalue weighted by molar-refractivity contribution is 5.79. The predicted molar refractivity (Wildman–Crippen MR) is 91.1 cm³/mol. The molecule has 2 heterocycles. The number of guanidine groups is 1. The van der Waals surface area contributed by atoms with E-state index in [1.54, 1.807) is 0 Å². The molecule has 0 saturated carbocycles. The first-order valence-corrected chi connectivity index (χ1v) is 8.22. The first-order chi connectivity index (χ1) is 11.3. The zero-order valence-electron chi connectivity index (χ0n) is 13.9. The van der Waals surface area contributed by atoms with Crippen LogP contribution in [0.5, 0.6) is 0 Å². The third kappa shape index (κ3) is 3.70. The van der Waals surface area contributed by atoms with Crippen molar-refractivity contribution in [1.29, 1.82) is 0 Å². The average Bonchev–Trinajstić information content (AvgIpc) is 3.16. The van der Waals surface area contributed by atoms with Crippen LogP contribution in [0.4, 0.5) is 0 Å². The summed E-state index contributed by atoms with van der Waals surface area (Å²) in [6, 6.07) is 10.4. The Labute approximate surface area is 137 Å². The minimum Gasteiger partial charge on any atom is -0.357 e. The zero-order chi connectivity index (χ0) is 16.1. The number of aliphatic imine (C=N–C) groups is 1. The van der Waals surface area contributed by atoms with Crippen LogP contribution in [0.15, 0.2) is 35.3 Å². The van der Waals surface area contributed by atoms with Gasteiger partial charge in [0, 0.05) is 33.1 Å². The van der Waals surface area contributed by atoms with Gasteiger partial charge in [-0.25, -0.2) is 4.99 Å². The molecule has 2 aromatic rings. The standard InChI is InChI=1S/C17H24N6/c1-3-18-17(22(2)13-14-8-5-4-6-9-14)19-12-16-21-20-15-10-7-11-23(15)16/h4-6,8-9H,3,7,10-13H2,1-2H3,(H,18,19). The van der Waals surface area contributed by atoms with Crippen LogP contribution in [0.1, 0.15) is 30.6 Å². The zero-order valence-corrected chi connectivity index (χ0v) is 13.9. The van der Waals surface area contributed by atoms with E-state index >= 15 is 0 Å². The Balaban J connectivity index is 1.69. The van der Waals surface area contributed by atoms with E-state index in [-0.39, 0.29) is 0 Å². The molecule has 1 aromatic carbocycles. The molecule has 0 amide bonds. The van der Waals surface area contributed by atoms with Crippen molar-refractivity contribution in [3.05, 3.63) is 47.5 Å². The number of rotatable bonds is 5. The van der Waals surface area contributed by atoms with Gasteiger partial charge in [0.05, 0.1) is 0 Å². The van der Waals surface area contributed by atoms with Crippen molar-refractivity contribution in [1.82, 2.24) is 25.0 Å². The van der Waals surface area contributed by atoms with E-state index in [0.717, 1.165) is 50.1 Å². The normalized spacial score (nSPS) is 13.9. The molecule has 0 aliphatic carbocycles. The van der Waals surface area contributed by atoms with Gasteiger partial charge in [-0.1, -0.05) is 30.3 Å². The van der Waals surface area contributed by atoms with Crippen molar-refractivity contribution in [3.8, 4) is 0 Å². The smallest absolute Gasteiger partial charge is 0.194 e. The van der Waals surface area contributed by atoms with E-state index in [4.69, 9.17) is 4.99 Å². The number of hydrogen-bond donors (Lipinski definition) is 1. The van der Waals surface area contributed by atoms with Crippen LogP contribution in [0.3, 0.4) is 0 Å². The molecule has 6 heteroatoms. The lowest BCUT2D eigenvalue weighted by Crippen LogP contribution is -2.38. The van der Waals surface area contributed by atoms with Crippen molar-refractivity contribution in [2.45, 2.75) is 39.4 Å². The highest BCUT2D eigenvalue weighted by atomic mass is 15.3. The molecule has 0 bridgehead atoms. The lowest BCUT2D eigenvalue weighted by molar-refractivity contribution is 0.476. The second-order valence-electron chi connectivity index (χ2n) is 5.80. The van der Waals surface area contributed by atoms with E-state index in [9.17, 15) is 0 Å². The number of fused-ring (bicyclic) bond motifs is 1. The molecule has 1 aliphatic heterocycles. The van der Waals surface area contributed by atoms with Crippen LogP contribution in [-0.4, -0.2) is 39.2 Å². The molecule has 1 N–H and O–H groups in total. The second kappa shape index (κ2) is 7.26. The highest BCUT2D eigenvalue weighted by Crippen LogP contribution is 2.14. The Morgan fingerprint density at radius 1 is 1.30 bits per heavy atom. The number of benzene rings is 1. The van der Waals surface area contributed by atoms with Crippen molar-refractivity contribution in [2.75, 3.05) is 13.6 Å². The number of aromatic nitrogens is 3. The maximum Gasteiger partial charge on any atom is 0.194 e. The van der Waals surface area contributed by atoms with Gasteiger partial charge in [0.15, 0.2) is 11.8 Å². The van der Waals surface area contributed by atoms with Crippen molar-refractivity contribution < 1.29 is 0 Å². The Kier molecular flexibility index (Phi) is 4.90. The molecule has 0 fully saturated rings. The fraction of sp³-hybridized carbons (Fsp3) is 0.471. The Hall–Kier alpha value is -2.37. The Bertz CT molecular complexity index is 661. The maximum absolute atomic E-state index is 4.74. The topological polar surface area (TPSA) is 58.3 Å². The molecular formula is C17H24N6. The highest BCUT2D eigenvalue weighted by Gasteiger charge is 2.17. The first kappa shape index (κ1) is 15.5. The molecule has 0 spiro atoms. The Morgan fingerprint density at radius 2 is 2.13 bits per heavy atom. The van der Waals surface area contributed by atoms with Gasteiger partial charge in [0.2, 0.25) is 0 Å². The number of nitrogens with one attached hydrogen (secondary N) is 1. The average molecular weight is 312 g/mol. The summed E-state index contributed by atoms with van der Waals surface area (Å²) in [5.74, 6) is 2.95. The summed E-state index contributed by atoms with van der Waals surface area (Å²) in [6.45, 7) is 5.33. The largest absolute Gasteiger partial charge is 0.357 e. The Morgan fingerprint density at radius 3 is 2.91 bits per heavy atom. The van der Waals surface area contributed by atoms with E-state index < -0.39 is 0 Å². The van der Waals surface area contributed by atoms with Crippen molar-refractivity contribution in [3.63, 3.8) is 0 Å². The van der Waals surface area contributed by atoms with Crippen LogP contribution < -0.4 is 5.32 Å². The van der Waals surface area contributed by atoms with Crippen molar-refractivity contribution in [2.24, 2.45) is 4.99 Å². The number of hydrogen-bond acceptors (Lipinski definition) is 3. The van der Waals surface area contributed by atoms with E-state index in [1.165, 1.54) is 5.56 Å². The van der Waals surface area contributed by atoms with Gasteiger partial charge in [-0.2, -0.15) is 0 Å². The van der Waals surface area contributed by atoms with Crippen LogP contribution in [0, 0.1) is 0 Å². The third-order valence-electron chi connectivity index (χ3n) is 4.02. The summed E-state index contributed by atoms with van der Waals surface area (Å²) >= 11 is 0. The van der Waals surface area contributed by atoms with Gasteiger partial charge in [-0.3, -0.25) is 0 Å². The molecule has 23 heavy (non-hydrogen) atoms. The molecular weight excluding hydrogens is 288 g/mol. The SMILES string of the molecule is CCNC(=NCc1nnc2n1CCC2)N(C)Cc1ccccc1. The van der Waals surface area contributed by atoms with Crippen LogP contribution in [0.25, 0.3) is 0 Å². The maximum atomic E-state index is 4.74. The van der Waals surface area contributed by atoms with Crippen LogP contribution in [0.2, 0.25) is 0 Å². The molecule has 0 radical (unpaired) electrons. The molecule has 122 valence electrons. The second-order valence-corrected chi connectivity index (χ2v) is 5.80. The van der Waals surface area contributed by atoms with Crippen LogP contribution >= 0.6 is 0 Å². The minimum absolute atomic E-state index is 0.564. The fourth-order valence-corrected chi connectivity index (χ4v) is 2.88. The van der Waals surface area contributed by atoms with E-state index in [2.05, 4.69) is 63.2 Å². The molecule has 1 aliphatic rings. The number of nitrogens with zero attached hydrogens (tertiary/aromatic N) is 5. The minimum atomic E-state index is 0.564. The summed E-state index contributed by atoms with van der Waals surface area (Å²) in [6.07, 6.45) is 2.19. The quantitative estimate of drug-likeness (QED) is 0.676. The lowest BCUT2D eigenvalue weighted by atomic mass is 10.2. The lowest BCUT2D eigenvalue weighted by Gasteiger charge is -2.22. The first-order valence-electron chi connectivity index (χ1n) is 8.22. The van der Waals surface area contributed by atoms with E-state index in [0.29, 0.717) is 6.54 Å². The number of aryl methyl sites for hydroxylation is 1. The molecule has 0 atom stereocenters. The van der Waals surface area contributed by atoms with Gasteiger partial charge in [-0.15, -0.1) is 10.2 Å². The summed E-state index contributed by atoms with van der Waals surface area (Å²) in [7, 11) is 2.06. The van der Waals surface area contributed by atoms with Gasteiger partial charge in [0.25, 0.3) is 0 Å². The predicted octanol–water partition coefficient (Wildman–Crippen LogP) is 1.82. The van der Waals surface area contributed by atoms with Gasteiger partial charge in [-0.05, 0) is 18.9 Å². The van der Waals surface area contributed by atoms with Crippen LogP contribution in [-0.2, 0) is 26.1 Å². The molecule has 6 nitrogen and oxygen atoms in total. The molecule has 0 saturated heterocycles. The fourth-order valence-electron chi connectivity index (χ4n) is 2.88.